The molecule has 1 aromatic heterocycles. The smallest absolute Gasteiger partial charge is 0.304 e. The van der Waals surface area contributed by atoms with Gasteiger partial charge in [-0.15, -0.1) is 11.3 Å². The van der Waals surface area contributed by atoms with Crippen molar-refractivity contribution in [2.24, 2.45) is 5.41 Å². The highest BCUT2D eigenvalue weighted by atomic mass is 32.1. The number of carboxylic acid groups (broad SMARTS) is 1. The molecule has 30 heavy (non-hydrogen) atoms. The van der Waals surface area contributed by atoms with Gasteiger partial charge in [-0.2, -0.15) is 5.26 Å². The molecule has 0 saturated heterocycles. The van der Waals surface area contributed by atoms with Gasteiger partial charge in [-0.25, -0.2) is 4.98 Å². The normalized spacial score (nSPS) is 14.0. The minimum absolute atomic E-state index is 0.155. The highest BCUT2D eigenvalue weighted by molar-refractivity contribution is 7.12. The highest BCUT2D eigenvalue weighted by Gasteiger charge is 2.45. The number of aromatic nitrogens is 1. The number of amides is 1. The second kappa shape index (κ2) is 8.09. The molecule has 1 amide bonds. The fourth-order valence-electron chi connectivity index (χ4n) is 4.00. The van der Waals surface area contributed by atoms with Crippen molar-refractivity contribution in [2.45, 2.75) is 25.8 Å². The molecule has 1 aliphatic rings. The maximum absolute atomic E-state index is 13.1. The fourth-order valence-corrected chi connectivity index (χ4v) is 4.82. The molecule has 0 bridgehead atoms. The maximum Gasteiger partial charge on any atom is 0.304 e. The lowest BCUT2D eigenvalue weighted by atomic mass is 9.80. The predicted octanol–water partition coefficient (Wildman–Crippen LogP) is 3.56. The number of nitriles is 1. The van der Waals surface area contributed by atoms with Crippen LogP contribution in [-0.4, -0.2) is 22.0 Å². The second-order valence-corrected chi connectivity index (χ2v) is 8.50. The van der Waals surface area contributed by atoms with Crippen LogP contribution < -0.4 is 5.32 Å². The summed E-state index contributed by atoms with van der Waals surface area (Å²) in [5.41, 5.74) is 2.47. The first kappa shape index (κ1) is 19.8. The minimum Gasteiger partial charge on any atom is -0.481 e. The van der Waals surface area contributed by atoms with E-state index in [9.17, 15) is 20.0 Å². The molecule has 4 rings (SSSR count). The average Bonchev–Trinajstić information content (AvgIpc) is 3.33. The molecule has 150 valence electrons. The van der Waals surface area contributed by atoms with Gasteiger partial charge in [0.1, 0.15) is 16.0 Å². The lowest BCUT2D eigenvalue weighted by molar-refractivity contribution is -0.145. The molecule has 0 radical (unpaired) electrons. The van der Waals surface area contributed by atoms with E-state index in [4.69, 9.17) is 0 Å². The van der Waals surface area contributed by atoms with E-state index in [0.29, 0.717) is 28.4 Å². The Balaban J connectivity index is 1.53. The summed E-state index contributed by atoms with van der Waals surface area (Å²) in [7, 11) is 0. The number of carbonyl (C=O) groups is 2. The van der Waals surface area contributed by atoms with E-state index >= 15 is 0 Å². The van der Waals surface area contributed by atoms with E-state index in [1.165, 1.54) is 11.3 Å². The first-order valence-electron chi connectivity index (χ1n) is 9.53. The lowest BCUT2D eigenvalue weighted by Gasteiger charge is -2.25. The van der Waals surface area contributed by atoms with E-state index in [1.807, 2.05) is 54.6 Å². The molecule has 2 aromatic carbocycles. The van der Waals surface area contributed by atoms with Crippen molar-refractivity contribution in [3.63, 3.8) is 0 Å². The van der Waals surface area contributed by atoms with Crippen LogP contribution in [0.25, 0.3) is 11.3 Å². The number of hydrogen-bond donors (Lipinski definition) is 2. The molecule has 6 nitrogen and oxygen atoms in total. The van der Waals surface area contributed by atoms with Crippen LogP contribution in [0, 0.1) is 16.7 Å². The molecule has 1 heterocycles. The summed E-state index contributed by atoms with van der Waals surface area (Å²) in [4.78, 5) is 29.6. The zero-order chi connectivity index (χ0) is 21.1. The Labute approximate surface area is 177 Å². The van der Waals surface area contributed by atoms with Gasteiger partial charge in [0.25, 0.3) is 0 Å². The topological polar surface area (TPSA) is 103 Å². The van der Waals surface area contributed by atoms with Gasteiger partial charge in [0.15, 0.2) is 0 Å². The van der Waals surface area contributed by atoms with Crippen molar-refractivity contribution >= 4 is 23.2 Å². The van der Waals surface area contributed by atoms with Gasteiger partial charge >= 0.3 is 5.97 Å². The van der Waals surface area contributed by atoms with Crippen molar-refractivity contribution in [3.05, 3.63) is 75.6 Å². The molecule has 0 unspecified atom stereocenters. The Morgan fingerprint density at radius 3 is 2.33 bits per heavy atom. The Kier molecular flexibility index (Phi) is 5.34. The standard InChI is InChI=1S/C23H19N3O3S/c24-13-18-21(15-6-2-1-3-7-15)26-19(30-18)14-25-22(29)23(12-20(27)28)10-16-8-4-5-9-17(16)11-23/h1-9H,10-12,14H2,(H,25,29)(H,27,28). The number of thiazole rings is 1. The molecule has 0 spiro atoms. The van der Waals surface area contributed by atoms with Crippen LogP contribution >= 0.6 is 11.3 Å². The van der Waals surface area contributed by atoms with Crippen molar-refractivity contribution in [1.82, 2.24) is 10.3 Å². The molecular formula is C23H19N3O3S. The van der Waals surface area contributed by atoms with Crippen LogP contribution in [0.1, 0.15) is 27.4 Å². The van der Waals surface area contributed by atoms with Gasteiger partial charge in [0.2, 0.25) is 5.91 Å². The lowest BCUT2D eigenvalue weighted by Crippen LogP contribution is -2.43. The first-order valence-corrected chi connectivity index (χ1v) is 10.3. The molecule has 0 fully saturated rings. The van der Waals surface area contributed by atoms with Gasteiger partial charge in [0.05, 0.1) is 24.1 Å². The summed E-state index contributed by atoms with van der Waals surface area (Å²) in [6, 6.07) is 19.3. The zero-order valence-corrected chi connectivity index (χ0v) is 16.9. The molecule has 0 atom stereocenters. The highest BCUT2D eigenvalue weighted by Crippen LogP contribution is 2.40. The quantitative estimate of drug-likeness (QED) is 0.638. The first-order chi connectivity index (χ1) is 14.5. The third-order valence-electron chi connectivity index (χ3n) is 5.37. The molecule has 7 heteroatoms. The number of benzene rings is 2. The average molecular weight is 417 g/mol. The number of carboxylic acids is 1. The van der Waals surface area contributed by atoms with Crippen LogP contribution in [-0.2, 0) is 29.0 Å². The maximum atomic E-state index is 13.1. The summed E-state index contributed by atoms with van der Waals surface area (Å²) in [5.74, 6) is -1.29. The Morgan fingerprint density at radius 2 is 1.73 bits per heavy atom. The van der Waals surface area contributed by atoms with Crippen LogP contribution in [0.5, 0.6) is 0 Å². The van der Waals surface area contributed by atoms with Gasteiger partial charge < -0.3 is 10.4 Å². The van der Waals surface area contributed by atoms with Crippen molar-refractivity contribution < 1.29 is 14.7 Å². The Hall–Kier alpha value is -3.50. The molecule has 1 aliphatic carbocycles. The van der Waals surface area contributed by atoms with Crippen molar-refractivity contribution in [1.29, 1.82) is 5.26 Å². The van der Waals surface area contributed by atoms with Crippen LogP contribution in [0.2, 0.25) is 0 Å². The molecule has 0 aliphatic heterocycles. The van der Waals surface area contributed by atoms with Gasteiger partial charge in [0, 0.05) is 5.56 Å². The third-order valence-corrected chi connectivity index (χ3v) is 6.33. The van der Waals surface area contributed by atoms with E-state index < -0.39 is 11.4 Å². The number of rotatable bonds is 6. The van der Waals surface area contributed by atoms with Crippen molar-refractivity contribution in [3.8, 4) is 17.3 Å². The molecule has 0 saturated carbocycles. The van der Waals surface area contributed by atoms with Crippen LogP contribution in [0.3, 0.4) is 0 Å². The summed E-state index contributed by atoms with van der Waals surface area (Å²) in [6.45, 7) is 0.155. The summed E-state index contributed by atoms with van der Waals surface area (Å²) < 4.78 is 0. The summed E-state index contributed by atoms with van der Waals surface area (Å²) in [6.07, 6.45) is 0.569. The van der Waals surface area contributed by atoms with E-state index in [1.54, 1.807) is 0 Å². The molecular weight excluding hydrogens is 398 g/mol. The number of fused-ring (bicyclic) bond motifs is 1. The minimum atomic E-state index is -1.01. The summed E-state index contributed by atoms with van der Waals surface area (Å²) >= 11 is 1.24. The number of hydrogen-bond acceptors (Lipinski definition) is 5. The Bertz CT molecular complexity index is 1120. The van der Waals surface area contributed by atoms with E-state index in [0.717, 1.165) is 16.7 Å². The van der Waals surface area contributed by atoms with Gasteiger partial charge in [-0.3, -0.25) is 9.59 Å². The second-order valence-electron chi connectivity index (χ2n) is 7.42. The summed E-state index contributed by atoms with van der Waals surface area (Å²) in [5, 5.41) is 22.4. The number of nitrogens with one attached hydrogen (secondary N) is 1. The molecule has 2 N–H and O–H groups in total. The zero-order valence-electron chi connectivity index (χ0n) is 16.1. The Morgan fingerprint density at radius 1 is 1.10 bits per heavy atom. The van der Waals surface area contributed by atoms with E-state index in [-0.39, 0.29) is 18.9 Å². The van der Waals surface area contributed by atoms with Crippen LogP contribution in [0.15, 0.2) is 54.6 Å². The van der Waals surface area contributed by atoms with Crippen LogP contribution in [0.4, 0.5) is 0 Å². The molecule has 3 aromatic rings. The number of nitrogens with zero attached hydrogens (tertiary/aromatic N) is 2. The fraction of sp³-hybridized carbons (Fsp3) is 0.217. The number of aliphatic carboxylic acids is 1. The van der Waals surface area contributed by atoms with Crippen molar-refractivity contribution in [2.75, 3.05) is 0 Å². The van der Waals surface area contributed by atoms with E-state index in [2.05, 4.69) is 16.4 Å². The van der Waals surface area contributed by atoms with Gasteiger partial charge in [-0.05, 0) is 24.0 Å². The van der Waals surface area contributed by atoms with Gasteiger partial charge in [-0.1, -0.05) is 54.6 Å². The SMILES string of the molecule is N#Cc1sc(CNC(=O)C2(CC(=O)O)Cc3ccccc3C2)nc1-c1ccccc1. The third kappa shape index (κ3) is 3.82. The predicted molar refractivity (Wildman–Crippen MR) is 113 cm³/mol. The largest absolute Gasteiger partial charge is 0.481 e. The number of carbonyl (C=O) groups excluding carboxylic acids is 1. The monoisotopic (exact) mass is 417 g/mol.